The molecule has 22 heavy (non-hydrogen) atoms. The summed E-state index contributed by atoms with van der Waals surface area (Å²) in [7, 11) is 0. The number of thiophene rings is 1. The second kappa shape index (κ2) is 6.98. The van der Waals surface area contributed by atoms with Gasteiger partial charge in [-0.15, -0.1) is 0 Å². The van der Waals surface area contributed by atoms with Crippen LogP contribution in [0.15, 0.2) is 29.2 Å². The van der Waals surface area contributed by atoms with E-state index in [1.54, 1.807) is 17.7 Å². The Balaban J connectivity index is 1.55. The first-order valence-electron chi connectivity index (χ1n) is 7.43. The van der Waals surface area contributed by atoms with Gasteiger partial charge in [-0.25, -0.2) is 9.97 Å². The average molecular weight is 317 g/mol. The summed E-state index contributed by atoms with van der Waals surface area (Å²) in [5, 5.41) is 3.83. The number of morpholine rings is 1. The maximum absolute atomic E-state index is 12.4. The Morgan fingerprint density at radius 3 is 3.18 bits per heavy atom. The average Bonchev–Trinajstić information content (AvgIpc) is 3.07. The molecule has 1 amide bonds. The number of rotatable bonds is 4. The van der Waals surface area contributed by atoms with Crippen molar-refractivity contribution in [2.24, 2.45) is 0 Å². The second-order valence-electron chi connectivity index (χ2n) is 5.45. The van der Waals surface area contributed by atoms with Crippen molar-refractivity contribution in [3.05, 3.63) is 46.2 Å². The maximum atomic E-state index is 12.4. The van der Waals surface area contributed by atoms with Crippen LogP contribution in [0.25, 0.3) is 0 Å². The number of carbonyl (C=O) groups excluding carboxylic acids is 1. The van der Waals surface area contributed by atoms with Crippen LogP contribution in [0.2, 0.25) is 0 Å². The molecule has 3 heterocycles. The van der Waals surface area contributed by atoms with Gasteiger partial charge in [-0.05, 0) is 37.3 Å². The fraction of sp³-hybridized carbons (Fsp3) is 0.438. The van der Waals surface area contributed by atoms with Crippen LogP contribution < -0.4 is 0 Å². The van der Waals surface area contributed by atoms with E-state index in [2.05, 4.69) is 9.97 Å². The van der Waals surface area contributed by atoms with Gasteiger partial charge in [-0.1, -0.05) is 0 Å². The minimum Gasteiger partial charge on any atom is -0.375 e. The Morgan fingerprint density at radius 1 is 1.50 bits per heavy atom. The van der Waals surface area contributed by atoms with Gasteiger partial charge in [-0.3, -0.25) is 4.79 Å². The molecule has 1 aliphatic rings. The molecule has 2 aromatic rings. The normalized spacial score (nSPS) is 18.4. The summed E-state index contributed by atoms with van der Waals surface area (Å²) < 4.78 is 5.79. The van der Waals surface area contributed by atoms with Crippen LogP contribution in [0.1, 0.15) is 28.2 Å². The van der Waals surface area contributed by atoms with Gasteiger partial charge >= 0.3 is 0 Å². The minimum absolute atomic E-state index is 0.0756. The number of aryl methyl sites for hydroxylation is 2. The Kier molecular flexibility index (Phi) is 4.80. The molecule has 1 saturated heterocycles. The van der Waals surface area contributed by atoms with Gasteiger partial charge in [0.2, 0.25) is 0 Å². The van der Waals surface area contributed by atoms with Crippen LogP contribution in [0.4, 0.5) is 0 Å². The van der Waals surface area contributed by atoms with E-state index in [-0.39, 0.29) is 12.0 Å². The Hall–Kier alpha value is -1.79. The van der Waals surface area contributed by atoms with Crippen LogP contribution >= 0.6 is 11.3 Å². The van der Waals surface area contributed by atoms with E-state index >= 15 is 0 Å². The topological polar surface area (TPSA) is 55.3 Å². The molecule has 0 aromatic carbocycles. The Bertz CT molecular complexity index is 630. The van der Waals surface area contributed by atoms with E-state index < -0.39 is 0 Å². The van der Waals surface area contributed by atoms with Gasteiger partial charge in [0.1, 0.15) is 6.33 Å². The quantitative estimate of drug-likeness (QED) is 0.868. The molecule has 116 valence electrons. The predicted molar refractivity (Wildman–Crippen MR) is 85.1 cm³/mol. The summed E-state index contributed by atoms with van der Waals surface area (Å²) in [5.41, 5.74) is 2.78. The molecule has 0 saturated carbocycles. The van der Waals surface area contributed by atoms with Gasteiger partial charge < -0.3 is 9.64 Å². The minimum atomic E-state index is 0.0756. The molecule has 1 atom stereocenters. The molecule has 0 bridgehead atoms. The molecule has 1 aliphatic heterocycles. The lowest BCUT2D eigenvalue weighted by Gasteiger charge is -2.32. The largest absolute Gasteiger partial charge is 0.375 e. The van der Waals surface area contributed by atoms with Crippen LogP contribution in [0.3, 0.4) is 0 Å². The standard InChI is InChI=1S/C16H19N3O2S/c1-12-8-14(18-11-17-12)2-3-15-9-19(5-6-21-15)16(20)13-4-7-22-10-13/h4,7-8,10-11,15H,2-3,5-6,9H2,1H3/t15-/m1/s1. The van der Waals surface area contributed by atoms with Crippen molar-refractivity contribution < 1.29 is 9.53 Å². The van der Waals surface area contributed by atoms with Gasteiger partial charge in [0.25, 0.3) is 5.91 Å². The number of nitrogens with zero attached hydrogens (tertiary/aromatic N) is 3. The molecule has 6 heteroatoms. The molecule has 1 fully saturated rings. The van der Waals surface area contributed by atoms with Crippen LogP contribution in [0.5, 0.6) is 0 Å². The van der Waals surface area contributed by atoms with E-state index in [9.17, 15) is 4.79 Å². The van der Waals surface area contributed by atoms with Gasteiger partial charge in [0, 0.05) is 29.9 Å². The molecule has 5 nitrogen and oxygen atoms in total. The van der Waals surface area contributed by atoms with Gasteiger partial charge in [-0.2, -0.15) is 11.3 Å². The van der Waals surface area contributed by atoms with Crippen LogP contribution in [-0.2, 0) is 11.2 Å². The third kappa shape index (κ3) is 3.69. The summed E-state index contributed by atoms with van der Waals surface area (Å²) in [6.45, 7) is 3.88. The smallest absolute Gasteiger partial charge is 0.254 e. The lowest BCUT2D eigenvalue weighted by Crippen LogP contribution is -2.45. The first-order chi connectivity index (χ1) is 10.7. The molecule has 0 spiro atoms. The van der Waals surface area contributed by atoms with E-state index in [0.717, 1.165) is 29.8 Å². The van der Waals surface area contributed by atoms with Crippen molar-refractivity contribution in [3.63, 3.8) is 0 Å². The van der Waals surface area contributed by atoms with Crippen LogP contribution in [0, 0.1) is 6.92 Å². The van der Waals surface area contributed by atoms with Crippen molar-refractivity contribution in [1.82, 2.24) is 14.9 Å². The predicted octanol–water partition coefficient (Wildman–Crippen LogP) is 2.32. The monoisotopic (exact) mass is 317 g/mol. The number of hydrogen-bond donors (Lipinski definition) is 0. The zero-order valence-corrected chi connectivity index (χ0v) is 13.4. The number of carbonyl (C=O) groups is 1. The number of aromatic nitrogens is 2. The summed E-state index contributed by atoms with van der Waals surface area (Å²) in [6, 6.07) is 3.87. The SMILES string of the molecule is Cc1cc(CC[C@@H]2CN(C(=O)c3ccsc3)CCO2)ncn1. The zero-order chi connectivity index (χ0) is 15.4. The highest BCUT2D eigenvalue weighted by molar-refractivity contribution is 7.08. The Labute approximate surface area is 134 Å². The number of ether oxygens (including phenoxy) is 1. The molecule has 3 rings (SSSR count). The second-order valence-corrected chi connectivity index (χ2v) is 6.23. The number of amides is 1. The first kappa shape index (κ1) is 15.1. The van der Waals surface area contributed by atoms with Crippen molar-refractivity contribution in [3.8, 4) is 0 Å². The highest BCUT2D eigenvalue weighted by Gasteiger charge is 2.25. The lowest BCUT2D eigenvalue weighted by molar-refractivity contribution is -0.0246. The first-order valence-corrected chi connectivity index (χ1v) is 8.37. The zero-order valence-electron chi connectivity index (χ0n) is 12.6. The molecule has 2 aromatic heterocycles. The van der Waals surface area contributed by atoms with Gasteiger partial charge in [0.15, 0.2) is 0 Å². The summed E-state index contributed by atoms with van der Waals surface area (Å²) >= 11 is 1.55. The third-order valence-corrected chi connectivity index (χ3v) is 4.46. The molecule has 0 radical (unpaired) electrons. The summed E-state index contributed by atoms with van der Waals surface area (Å²) in [5.74, 6) is 0.104. The van der Waals surface area contributed by atoms with E-state index in [4.69, 9.17) is 4.74 Å². The Morgan fingerprint density at radius 2 is 2.41 bits per heavy atom. The lowest BCUT2D eigenvalue weighted by atomic mass is 10.1. The van der Waals surface area contributed by atoms with E-state index in [1.807, 2.05) is 34.7 Å². The summed E-state index contributed by atoms with van der Waals surface area (Å²) in [6.07, 6.45) is 3.38. The maximum Gasteiger partial charge on any atom is 0.254 e. The number of hydrogen-bond acceptors (Lipinski definition) is 5. The fourth-order valence-corrected chi connectivity index (χ4v) is 3.23. The van der Waals surface area contributed by atoms with E-state index in [0.29, 0.717) is 19.7 Å². The molecular weight excluding hydrogens is 298 g/mol. The highest BCUT2D eigenvalue weighted by atomic mass is 32.1. The van der Waals surface area contributed by atoms with Crippen LogP contribution in [-0.4, -0.2) is 46.6 Å². The molecular formula is C16H19N3O2S. The molecule has 0 unspecified atom stereocenters. The van der Waals surface area contributed by atoms with E-state index in [1.165, 1.54) is 0 Å². The highest BCUT2D eigenvalue weighted by Crippen LogP contribution is 2.16. The fourth-order valence-electron chi connectivity index (χ4n) is 2.60. The third-order valence-electron chi connectivity index (χ3n) is 3.78. The van der Waals surface area contributed by atoms with Crippen molar-refractivity contribution in [1.29, 1.82) is 0 Å². The molecule has 0 aliphatic carbocycles. The van der Waals surface area contributed by atoms with Crippen molar-refractivity contribution in [2.75, 3.05) is 19.7 Å². The van der Waals surface area contributed by atoms with Crippen molar-refractivity contribution in [2.45, 2.75) is 25.9 Å². The van der Waals surface area contributed by atoms with Crippen molar-refractivity contribution >= 4 is 17.2 Å². The molecule has 0 N–H and O–H groups in total. The van der Waals surface area contributed by atoms with Gasteiger partial charge in [0.05, 0.1) is 18.3 Å². The summed E-state index contributed by atoms with van der Waals surface area (Å²) in [4.78, 5) is 22.6.